The number of benzene rings is 2. The summed E-state index contributed by atoms with van der Waals surface area (Å²) in [6.07, 6.45) is 0.780. The Morgan fingerprint density at radius 3 is 2.38 bits per heavy atom. The van der Waals surface area contributed by atoms with Gasteiger partial charge in [-0.25, -0.2) is 4.39 Å². The molecule has 1 N–H and O–H groups in total. The van der Waals surface area contributed by atoms with Crippen LogP contribution >= 0.6 is 15.9 Å². The van der Waals surface area contributed by atoms with Crippen molar-refractivity contribution in [2.45, 2.75) is 33.2 Å². The average Bonchev–Trinajstić information content (AvgIpc) is 2.40. The van der Waals surface area contributed by atoms with Crippen LogP contribution in [0.15, 0.2) is 40.9 Å². The molecule has 2 aromatic carbocycles. The molecular formula is C18H21BrFN. The Balaban J connectivity index is 2.33. The molecule has 112 valence electrons. The van der Waals surface area contributed by atoms with Gasteiger partial charge in [-0.05, 0) is 61.7 Å². The van der Waals surface area contributed by atoms with E-state index < -0.39 is 0 Å². The van der Waals surface area contributed by atoms with E-state index >= 15 is 0 Å². The molecule has 3 heteroatoms. The molecule has 1 atom stereocenters. The SMILES string of the molecule is CCNC(Cc1ccc(Br)cc1)c1c(C)cc(C)cc1F. The first-order chi connectivity index (χ1) is 10.0. The van der Waals surface area contributed by atoms with Gasteiger partial charge in [-0.1, -0.05) is 41.1 Å². The van der Waals surface area contributed by atoms with E-state index in [2.05, 4.69) is 40.3 Å². The van der Waals surface area contributed by atoms with Gasteiger partial charge in [-0.3, -0.25) is 0 Å². The molecule has 1 nitrogen and oxygen atoms in total. The van der Waals surface area contributed by atoms with Crippen LogP contribution in [0, 0.1) is 19.7 Å². The average molecular weight is 350 g/mol. The van der Waals surface area contributed by atoms with Gasteiger partial charge in [0.05, 0.1) is 0 Å². The second kappa shape index (κ2) is 7.19. The molecular weight excluding hydrogens is 329 g/mol. The second-order valence-electron chi connectivity index (χ2n) is 5.42. The van der Waals surface area contributed by atoms with E-state index in [0.29, 0.717) is 0 Å². The summed E-state index contributed by atoms with van der Waals surface area (Å²) in [7, 11) is 0. The van der Waals surface area contributed by atoms with Crippen LogP contribution in [-0.2, 0) is 6.42 Å². The molecule has 1 unspecified atom stereocenters. The number of likely N-dealkylation sites (N-methyl/N-ethyl adjacent to an activating group) is 1. The van der Waals surface area contributed by atoms with Gasteiger partial charge in [0.2, 0.25) is 0 Å². The van der Waals surface area contributed by atoms with Gasteiger partial charge in [-0.2, -0.15) is 0 Å². The Morgan fingerprint density at radius 2 is 1.81 bits per heavy atom. The highest BCUT2D eigenvalue weighted by molar-refractivity contribution is 9.10. The zero-order chi connectivity index (χ0) is 15.4. The van der Waals surface area contributed by atoms with Crippen LogP contribution < -0.4 is 5.32 Å². The Hall–Kier alpha value is -1.19. The van der Waals surface area contributed by atoms with E-state index in [1.54, 1.807) is 6.07 Å². The van der Waals surface area contributed by atoms with Gasteiger partial charge >= 0.3 is 0 Å². The van der Waals surface area contributed by atoms with Gasteiger partial charge in [0.15, 0.2) is 0 Å². The summed E-state index contributed by atoms with van der Waals surface area (Å²) in [5, 5.41) is 3.41. The van der Waals surface area contributed by atoms with Crippen molar-refractivity contribution in [2.75, 3.05) is 6.54 Å². The molecule has 0 amide bonds. The third-order valence-electron chi connectivity index (χ3n) is 3.63. The number of aryl methyl sites for hydroxylation is 2. The topological polar surface area (TPSA) is 12.0 Å². The van der Waals surface area contributed by atoms with Gasteiger partial charge in [-0.15, -0.1) is 0 Å². The molecule has 0 aliphatic heterocycles. The fourth-order valence-electron chi connectivity index (χ4n) is 2.75. The molecule has 0 aromatic heterocycles. The van der Waals surface area contributed by atoms with Gasteiger partial charge < -0.3 is 5.32 Å². The maximum absolute atomic E-state index is 14.4. The van der Waals surface area contributed by atoms with Crippen LogP contribution in [-0.4, -0.2) is 6.54 Å². The second-order valence-corrected chi connectivity index (χ2v) is 6.33. The van der Waals surface area contributed by atoms with Crippen molar-refractivity contribution in [1.29, 1.82) is 0 Å². The van der Waals surface area contributed by atoms with E-state index in [1.165, 1.54) is 5.56 Å². The fraction of sp³-hybridized carbons (Fsp3) is 0.333. The molecule has 2 rings (SSSR count). The highest BCUT2D eigenvalue weighted by Gasteiger charge is 2.18. The highest BCUT2D eigenvalue weighted by Crippen LogP contribution is 2.26. The molecule has 0 radical (unpaired) electrons. The maximum Gasteiger partial charge on any atom is 0.128 e. The first kappa shape index (κ1) is 16.2. The molecule has 0 heterocycles. The molecule has 0 spiro atoms. The van der Waals surface area contributed by atoms with Crippen LogP contribution in [0.2, 0.25) is 0 Å². The van der Waals surface area contributed by atoms with Crippen LogP contribution in [0.25, 0.3) is 0 Å². The summed E-state index contributed by atoms with van der Waals surface area (Å²) in [5.41, 5.74) is 3.96. The van der Waals surface area contributed by atoms with Gasteiger partial charge in [0.1, 0.15) is 5.82 Å². The number of nitrogens with one attached hydrogen (secondary N) is 1. The van der Waals surface area contributed by atoms with Crippen molar-refractivity contribution in [2.24, 2.45) is 0 Å². The van der Waals surface area contributed by atoms with Gasteiger partial charge in [0.25, 0.3) is 0 Å². The predicted octanol–water partition coefficient (Wildman–Crippen LogP) is 5.10. The van der Waals surface area contributed by atoms with Crippen LogP contribution in [0.5, 0.6) is 0 Å². The summed E-state index contributed by atoms with van der Waals surface area (Å²) in [6.45, 7) is 6.78. The van der Waals surface area contributed by atoms with E-state index in [9.17, 15) is 4.39 Å². The monoisotopic (exact) mass is 349 g/mol. The Bertz CT molecular complexity index is 584. The van der Waals surface area contributed by atoms with Crippen molar-refractivity contribution in [3.05, 3.63) is 68.9 Å². The van der Waals surface area contributed by atoms with Crippen molar-refractivity contribution in [3.63, 3.8) is 0 Å². The minimum atomic E-state index is -0.115. The number of hydrogen-bond donors (Lipinski definition) is 1. The van der Waals surface area contributed by atoms with E-state index in [4.69, 9.17) is 0 Å². The number of hydrogen-bond acceptors (Lipinski definition) is 1. The third kappa shape index (κ3) is 4.14. The van der Waals surface area contributed by atoms with Crippen molar-refractivity contribution in [3.8, 4) is 0 Å². The summed E-state index contributed by atoms with van der Waals surface area (Å²) >= 11 is 3.44. The normalized spacial score (nSPS) is 12.4. The zero-order valence-electron chi connectivity index (χ0n) is 12.7. The first-order valence-electron chi connectivity index (χ1n) is 7.25. The summed E-state index contributed by atoms with van der Waals surface area (Å²) < 4.78 is 15.5. The van der Waals surface area contributed by atoms with Crippen molar-refractivity contribution < 1.29 is 4.39 Å². The quantitative estimate of drug-likeness (QED) is 0.791. The minimum Gasteiger partial charge on any atom is -0.310 e. The predicted molar refractivity (Wildman–Crippen MR) is 90.1 cm³/mol. The molecule has 0 saturated carbocycles. The zero-order valence-corrected chi connectivity index (χ0v) is 14.3. The first-order valence-corrected chi connectivity index (χ1v) is 8.05. The Kier molecular flexibility index (Phi) is 5.54. The molecule has 2 aromatic rings. The lowest BCUT2D eigenvalue weighted by atomic mass is 9.93. The fourth-order valence-corrected chi connectivity index (χ4v) is 3.01. The van der Waals surface area contributed by atoms with Crippen LogP contribution in [0.4, 0.5) is 4.39 Å². The molecule has 0 saturated heterocycles. The lowest BCUT2D eigenvalue weighted by molar-refractivity contribution is 0.506. The molecule has 0 bridgehead atoms. The maximum atomic E-state index is 14.4. The molecule has 0 fully saturated rings. The number of halogens is 2. The van der Waals surface area contributed by atoms with E-state index in [0.717, 1.165) is 34.1 Å². The Labute approximate surface area is 134 Å². The summed E-state index contributed by atoms with van der Waals surface area (Å²) in [5.74, 6) is -0.115. The molecule has 0 aliphatic rings. The smallest absolute Gasteiger partial charge is 0.128 e. The van der Waals surface area contributed by atoms with Crippen molar-refractivity contribution >= 4 is 15.9 Å². The molecule has 21 heavy (non-hydrogen) atoms. The number of rotatable bonds is 5. The lowest BCUT2D eigenvalue weighted by Crippen LogP contribution is -2.25. The Morgan fingerprint density at radius 1 is 1.14 bits per heavy atom. The van der Waals surface area contributed by atoms with Gasteiger partial charge in [0, 0.05) is 16.1 Å². The standard InChI is InChI=1S/C18H21BrFN/c1-4-21-17(11-14-5-7-15(19)8-6-14)18-13(3)9-12(2)10-16(18)20/h5-10,17,21H,4,11H2,1-3H3. The molecule has 0 aliphatic carbocycles. The highest BCUT2D eigenvalue weighted by atomic mass is 79.9. The minimum absolute atomic E-state index is 0.00299. The van der Waals surface area contributed by atoms with Crippen LogP contribution in [0.1, 0.15) is 35.2 Å². The lowest BCUT2D eigenvalue weighted by Gasteiger charge is -2.22. The van der Waals surface area contributed by atoms with Crippen LogP contribution in [0.3, 0.4) is 0 Å². The summed E-state index contributed by atoms with van der Waals surface area (Å²) in [4.78, 5) is 0. The van der Waals surface area contributed by atoms with E-state index in [-0.39, 0.29) is 11.9 Å². The van der Waals surface area contributed by atoms with E-state index in [1.807, 2.05) is 32.0 Å². The summed E-state index contributed by atoms with van der Waals surface area (Å²) in [6, 6.07) is 11.9. The largest absolute Gasteiger partial charge is 0.310 e. The third-order valence-corrected chi connectivity index (χ3v) is 4.16. The van der Waals surface area contributed by atoms with Crippen molar-refractivity contribution in [1.82, 2.24) is 5.32 Å².